The largest absolute Gasteiger partial charge is 0.369 e. The van der Waals surface area contributed by atoms with Crippen LogP contribution in [-0.2, 0) is 20.5 Å². The van der Waals surface area contributed by atoms with E-state index in [9.17, 15) is 28.1 Å². The van der Waals surface area contributed by atoms with E-state index < -0.39 is 26.8 Å². The van der Waals surface area contributed by atoms with E-state index in [-0.39, 0.29) is 41.1 Å². The first-order valence-corrected chi connectivity index (χ1v) is 13.6. The van der Waals surface area contributed by atoms with E-state index in [1.165, 1.54) is 18.2 Å². The van der Waals surface area contributed by atoms with Crippen molar-refractivity contribution >= 4 is 34.1 Å². The first-order valence-electron chi connectivity index (χ1n) is 12.5. The van der Waals surface area contributed by atoms with Gasteiger partial charge in [0.15, 0.2) is 0 Å². The van der Waals surface area contributed by atoms with Crippen LogP contribution in [0.15, 0.2) is 24.3 Å². The summed E-state index contributed by atoms with van der Waals surface area (Å²) >= 11 is 0. The highest BCUT2D eigenvalue weighted by Gasteiger charge is 2.59. The van der Waals surface area contributed by atoms with E-state index in [0.717, 1.165) is 30.0 Å². The van der Waals surface area contributed by atoms with Crippen LogP contribution < -0.4 is 15.4 Å². The first kappa shape index (κ1) is 24.0. The van der Waals surface area contributed by atoms with Gasteiger partial charge in [0.1, 0.15) is 11.2 Å². The van der Waals surface area contributed by atoms with Crippen molar-refractivity contribution in [1.29, 1.82) is 0 Å². The third kappa shape index (κ3) is 3.88. The topological polar surface area (TPSA) is 153 Å². The molecule has 1 aromatic carbocycles. The third-order valence-corrected chi connectivity index (χ3v) is 10.00. The highest BCUT2D eigenvalue weighted by Crippen LogP contribution is 2.60. The molecule has 0 aromatic heterocycles. The summed E-state index contributed by atoms with van der Waals surface area (Å²) in [6, 6.07) is 5.53. The van der Waals surface area contributed by atoms with E-state index >= 15 is 0 Å². The summed E-state index contributed by atoms with van der Waals surface area (Å²) in [5.74, 6) is 0.0330. The lowest BCUT2D eigenvalue weighted by molar-refractivity contribution is -0.384. The molecule has 5 fully saturated rings. The van der Waals surface area contributed by atoms with Gasteiger partial charge in [0.25, 0.3) is 5.69 Å². The van der Waals surface area contributed by atoms with Crippen LogP contribution in [0.1, 0.15) is 64.2 Å². The molecule has 0 spiro atoms. The Morgan fingerprint density at radius 3 is 2.26 bits per heavy atom. The molecule has 2 atom stereocenters. The fourth-order valence-electron chi connectivity index (χ4n) is 7.79. The smallest absolute Gasteiger partial charge is 0.293 e. The molecule has 3 N–H and O–H groups in total. The molecule has 10 nitrogen and oxygen atoms in total. The second-order valence-corrected chi connectivity index (χ2v) is 11.9. The Bertz CT molecular complexity index is 1110. The van der Waals surface area contributed by atoms with Crippen molar-refractivity contribution in [3.63, 3.8) is 0 Å². The summed E-state index contributed by atoms with van der Waals surface area (Å²) in [5.41, 5.74) is 3.46. The van der Waals surface area contributed by atoms with Gasteiger partial charge in [-0.25, -0.2) is 12.7 Å². The van der Waals surface area contributed by atoms with Crippen molar-refractivity contribution in [2.45, 2.75) is 75.8 Å². The zero-order valence-electron chi connectivity index (χ0n) is 19.6. The molecule has 35 heavy (non-hydrogen) atoms. The number of rotatable bonds is 7. The van der Waals surface area contributed by atoms with Crippen LogP contribution in [0.2, 0.25) is 0 Å². The molecule has 11 heteroatoms. The van der Waals surface area contributed by atoms with Crippen LogP contribution >= 0.6 is 0 Å². The first-order chi connectivity index (χ1) is 16.7. The molecule has 2 unspecified atom stereocenters. The molecule has 5 aliphatic rings. The zero-order valence-corrected chi connectivity index (χ0v) is 20.5. The Morgan fingerprint density at radius 1 is 1.06 bits per heavy atom. The number of nitro benzene ring substituents is 1. The molecule has 1 aromatic rings. The van der Waals surface area contributed by atoms with Crippen LogP contribution in [-0.4, -0.2) is 36.7 Å². The molecule has 0 aliphatic heterocycles. The van der Waals surface area contributed by atoms with Crippen molar-refractivity contribution in [3.8, 4) is 0 Å². The fraction of sp³-hybridized carbons (Fsp3) is 0.667. The van der Waals surface area contributed by atoms with Gasteiger partial charge >= 0.3 is 0 Å². The lowest BCUT2D eigenvalue weighted by atomic mass is 9.47. The number of carbonyl (C=O) groups excluding carboxylic acids is 2. The van der Waals surface area contributed by atoms with Crippen LogP contribution in [0.25, 0.3) is 0 Å². The predicted octanol–water partition coefficient (Wildman–Crippen LogP) is 2.43. The molecular weight excluding hydrogens is 472 g/mol. The normalized spacial score (nSPS) is 32.8. The van der Waals surface area contributed by atoms with Gasteiger partial charge in [0.2, 0.25) is 22.7 Å². The molecule has 0 heterocycles. The maximum atomic E-state index is 14.0. The van der Waals surface area contributed by atoms with Gasteiger partial charge in [0, 0.05) is 17.5 Å². The molecular formula is C24H32N4O6S. The fourth-order valence-corrected chi connectivity index (χ4v) is 8.74. The Kier molecular flexibility index (Phi) is 6.01. The number of anilines is 1. The minimum Gasteiger partial charge on any atom is -0.369 e. The Morgan fingerprint density at radius 2 is 1.69 bits per heavy atom. The average molecular weight is 505 g/mol. The van der Waals surface area contributed by atoms with E-state index in [0.29, 0.717) is 44.4 Å². The summed E-state index contributed by atoms with van der Waals surface area (Å²) in [5, 5.41) is 14.9. The van der Waals surface area contributed by atoms with Crippen LogP contribution in [0.3, 0.4) is 0 Å². The summed E-state index contributed by atoms with van der Waals surface area (Å²) < 4.78 is 26.3. The molecule has 0 saturated heterocycles. The number of carbonyl (C=O) groups is 2. The van der Waals surface area contributed by atoms with E-state index in [2.05, 4.69) is 5.32 Å². The summed E-state index contributed by atoms with van der Waals surface area (Å²) in [4.78, 5) is 37.4. The highest BCUT2D eigenvalue weighted by molar-refractivity contribution is 7.74. The summed E-state index contributed by atoms with van der Waals surface area (Å²) in [6.45, 7) is 0. The standard InChI is InChI=1S/C24H32N4O6S/c25-21(29)23-12-15-10-16(13-23)20(17(11-15)14-23)26-22(30)24(8-4-1-5-9-24)27(35(33)34)18-6-2-3-7-19(18)28(31)32/h2-3,6-7,15-17,20,35H,1,4-5,8-14H2,(H2,25,29)(H,26,30). The number of thiol groups is 1. The van der Waals surface area contributed by atoms with Crippen molar-refractivity contribution in [2.24, 2.45) is 28.9 Å². The minimum atomic E-state index is -3.33. The molecule has 5 aliphatic carbocycles. The number of hydrogen-bond donors (Lipinski definition) is 3. The maximum absolute atomic E-state index is 14.0. The lowest BCUT2D eigenvalue weighted by Crippen LogP contribution is -2.66. The van der Waals surface area contributed by atoms with Crippen molar-refractivity contribution in [2.75, 3.05) is 4.31 Å². The number of primary amides is 1. The molecule has 2 amide bonds. The van der Waals surface area contributed by atoms with Crippen LogP contribution in [0.4, 0.5) is 11.4 Å². The third-order valence-electron chi connectivity index (χ3n) is 9.07. The highest BCUT2D eigenvalue weighted by atomic mass is 32.2. The molecule has 0 radical (unpaired) electrons. The van der Waals surface area contributed by atoms with Crippen molar-refractivity contribution in [1.82, 2.24) is 5.32 Å². The molecule has 5 saturated carbocycles. The number of nitrogens with two attached hydrogens (primary N) is 1. The number of nitrogens with zero attached hydrogens (tertiary/aromatic N) is 2. The number of para-hydroxylation sites is 2. The summed E-state index contributed by atoms with van der Waals surface area (Å²) in [7, 11) is -3.33. The van der Waals surface area contributed by atoms with Gasteiger partial charge in [0.05, 0.1) is 4.92 Å². The number of hydrogen-bond acceptors (Lipinski definition) is 6. The number of benzene rings is 1. The monoisotopic (exact) mass is 504 g/mol. The second-order valence-electron chi connectivity index (χ2n) is 11.0. The number of nitrogens with one attached hydrogen (secondary N) is 1. The average Bonchev–Trinajstić information content (AvgIpc) is 2.81. The SMILES string of the molecule is NC(=O)C12CC3CC(C1)C(NC(=O)C1(N(c4ccccc4[N+](=O)[O-])[SH](=O)=O)CCCCC1)C(C3)C2. The van der Waals surface area contributed by atoms with Crippen LogP contribution in [0.5, 0.6) is 0 Å². The van der Waals surface area contributed by atoms with Gasteiger partial charge in [-0.3, -0.25) is 19.7 Å². The molecule has 190 valence electrons. The second kappa shape index (κ2) is 8.76. The predicted molar refractivity (Wildman–Crippen MR) is 129 cm³/mol. The van der Waals surface area contributed by atoms with Gasteiger partial charge in [-0.1, -0.05) is 31.4 Å². The van der Waals surface area contributed by atoms with Crippen molar-refractivity contribution < 1.29 is 22.9 Å². The van der Waals surface area contributed by atoms with E-state index in [1.807, 2.05) is 0 Å². The minimum absolute atomic E-state index is 0.0802. The van der Waals surface area contributed by atoms with Crippen molar-refractivity contribution in [3.05, 3.63) is 34.4 Å². The zero-order chi connectivity index (χ0) is 25.0. The van der Waals surface area contributed by atoms with Gasteiger partial charge in [-0.05, 0) is 68.8 Å². The van der Waals surface area contributed by atoms with E-state index in [1.54, 1.807) is 6.07 Å². The maximum Gasteiger partial charge on any atom is 0.293 e. The Labute approximate surface area is 205 Å². The number of nitro groups is 1. The summed E-state index contributed by atoms with van der Waals surface area (Å²) in [6.07, 6.45) is 6.73. The Hall–Kier alpha value is -2.69. The molecule has 6 rings (SSSR count). The van der Waals surface area contributed by atoms with E-state index in [4.69, 9.17) is 5.73 Å². The lowest BCUT2D eigenvalue weighted by Gasteiger charge is -2.59. The molecule has 4 bridgehead atoms. The van der Waals surface area contributed by atoms with Gasteiger partial charge in [-0.2, -0.15) is 0 Å². The van der Waals surface area contributed by atoms with Gasteiger partial charge in [-0.15, -0.1) is 0 Å². The number of amides is 2. The Balaban J connectivity index is 1.49. The quantitative estimate of drug-likeness (QED) is 0.294. The van der Waals surface area contributed by atoms with Crippen LogP contribution in [0, 0.1) is 33.3 Å². The van der Waals surface area contributed by atoms with Gasteiger partial charge < -0.3 is 11.1 Å².